The third kappa shape index (κ3) is 5.81. The minimum absolute atomic E-state index is 0.643. The molecule has 0 aromatic heterocycles. The Bertz CT molecular complexity index is 456. The molecule has 0 spiro atoms. The van der Waals surface area contributed by atoms with Crippen molar-refractivity contribution in [2.24, 2.45) is 4.99 Å². The molecule has 0 radical (unpaired) electrons. The number of halogens is 2. The van der Waals surface area contributed by atoms with Crippen LogP contribution >= 0.6 is 23.2 Å². The molecule has 0 bridgehead atoms. The first-order valence-corrected chi connectivity index (χ1v) is 7.29. The second-order valence-corrected chi connectivity index (χ2v) is 4.56. The Morgan fingerprint density at radius 3 is 2.45 bits per heavy atom. The summed E-state index contributed by atoms with van der Waals surface area (Å²) in [5.74, 6) is 0. The second-order valence-electron chi connectivity index (χ2n) is 3.72. The number of aliphatic imine (C=N–C) groups is 1. The molecule has 0 atom stereocenters. The summed E-state index contributed by atoms with van der Waals surface area (Å²) in [5, 5.41) is 1.29. The molecular weight excluding hydrogens is 291 g/mol. The van der Waals surface area contributed by atoms with Crippen molar-refractivity contribution < 1.29 is 0 Å². The van der Waals surface area contributed by atoms with Gasteiger partial charge in [-0.05, 0) is 23.3 Å². The zero-order valence-corrected chi connectivity index (χ0v) is 13.7. The van der Waals surface area contributed by atoms with Crippen LogP contribution < -0.4 is 0 Å². The molecule has 0 aliphatic carbocycles. The van der Waals surface area contributed by atoms with Crippen LogP contribution in [0.3, 0.4) is 0 Å². The molecule has 0 unspecified atom stereocenters. The molecule has 110 valence electrons. The fourth-order valence-corrected chi connectivity index (χ4v) is 2.19. The molecule has 0 saturated heterocycles. The van der Waals surface area contributed by atoms with E-state index >= 15 is 0 Å². The van der Waals surface area contributed by atoms with E-state index in [4.69, 9.17) is 23.2 Å². The average molecular weight is 313 g/mol. The van der Waals surface area contributed by atoms with Gasteiger partial charge in [-0.25, -0.2) is 0 Å². The van der Waals surface area contributed by atoms with Gasteiger partial charge in [-0.15, -0.1) is 13.2 Å². The topological polar surface area (TPSA) is 15.6 Å². The lowest BCUT2D eigenvalue weighted by Gasteiger charge is -2.16. The third-order valence-corrected chi connectivity index (χ3v) is 3.02. The van der Waals surface area contributed by atoms with Gasteiger partial charge in [-0.2, -0.15) is 0 Å². The van der Waals surface area contributed by atoms with Gasteiger partial charge in [0, 0.05) is 23.1 Å². The Labute approximate surface area is 132 Å². The molecule has 0 N–H and O–H groups in total. The Morgan fingerprint density at radius 1 is 1.30 bits per heavy atom. The fourth-order valence-electron chi connectivity index (χ4n) is 1.64. The van der Waals surface area contributed by atoms with Crippen LogP contribution in [0, 0.1) is 0 Å². The van der Waals surface area contributed by atoms with Crippen LogP contribution in [0.5, 0.6) is 0 Å². The molecule has 1 aliphatic heterocycles. The number of benzene rings is 1. The van der Waals surface area contributed by atoms with Crippen molar-refractivity contribution in [2.75, 3.05) is 19.6 Å². The van der Waals surface area contributed by atoms with Crippen LogP contribution in [0.15, 0.2) is 42.9 Å². The SMILES string of the molecule is C=C.C=C(CN1C=NCC1)c1ccc(Cl)cc1Cl.CC. The van der Waals surface area contributed by atoms with Crippen molar-refractivity contribution in [3.63, 3.8) is 0 Å². The summed E-state index contributed by atoms with van der Waals surface area (Å²) >= 11 is 12.0. The summed E-state index contributed by atoms with van der Waals surface area (Å²) in [6, 6.07) is 5.47. The minimum atomic E-state index is 0.643. The van der Waals surface area contributed by atoms with Crippen LogP contribution in [-0.2, 0) is 0 Å². The summed E-state index contributed by atoms with van der Waals surface area (Å²) in [6.07, 6.45) is 1.86. The number of rotatable bonds is 3. The minimum Gasteiger partial charge on any atom is -0.357 e. The average Bonchev–Trinajstić information content (AvgIpc) is 2.96. The molecule has 2 nitrogen and oxygen atoms in total. The molecule has 0 saturated carbocycles. The van der Waals surface area contributed by atoms with E-state index in [0.29, 0.717) is 10.0 Å². The maximum absolute atomic E-state index is 6.11. The lowest BCUT2D eigenvalue weighted by atomic mass is 10.1. The van der Waals surface area contributed by atoms with Gasteiger partial charge >= 0.3 is 0 Å². The van der Waals surface area contributed by atoms with Crippen LogP contribution in [0.4, 0.5) is 0 Å². The number of nitrogens with zero attached hydrogens (tertiary/aromatic N) is 2. The highest BCUT2D eigenvalue weighted by molar-refractivity contribution is 6.35. The van der Waals surface area contributed by atoms with E-state index in [1.807, 2.05) is 32.3 Å². The van der Waals surface area contributed by atoms with E-state index < -0.39 is 0 Å². The first-order chi connectivity index (χ1) is 9.66. The molecule has 1 heterocycles. The Kier molecular flexibility index (Phi) is 9.87. The summed E-state index contributed by atoms with van der Waals surface area (Å²) in [7, 11) is 0. The quantitative estimate of drug-likeness (QED) is 0.702. The highest BCUT2D eigenvalue weighted by Gasteiger charge is 2.10. The standard InChI is InChI=1S/C12H12Cl2N2.C2H6.C2H4/c1-9(7-16-5-4-15-8-16)11-3-2-10(13)6-12(11)14;2*1-2/h2-3,6,8H,1,4-5,7H2;1-2H3;1-2H2. The van der Waals surface area contributed by atoms with Crippen LogP contribution in [0.2, 0.25) is 10.0 Å². The van der Waals surface area contributed by atoms with E-state index in [-0.39, 0.29) is 0 Å². The molecule has 2 rings (SSSR count). The Morgan fingerprint density at radius 2 is 1.95 bits per heavy atom. The smallest absolute Gasteiger partial charge is 0.0854 e. The van der Waals surface area contributed by atoms with Gasteiger partial charge in [-0.3, -0.25) is 4.99 Å². The lowest BCUT2D eigenvalue weighted by molar-refractivity contribution is 0.526. The van der Waals surface area contributed by atoms with Gasteiger partial charge in [0.25, 0.3) is 0 Å². The lowest BCUT2D eigenvalue weighted by Crippen LogP contribution is -2.21. The molecule has 20 heavy (non-hydrogen) atoms. The zero-order chi connectivity index (χ0) is 15.5. The van der Waals surface area contributed by atoms with E-state index in [1.54, 1.807) is 6.07 Å². The van der Waals surface area contributed by atoms with Crippen molar-refractivity contribution in [1.29, 1.82) is 0 Å². The van der Waals surface area contributed by atoms with Gasteiger partial charge in [-0.1, -0.05) is 49.7 Å². The predicted molar refractivity (Wildman–Crippen MR) is 93.0 cm³/mol. The molecule has 0 fully saturated rings. The van der Waals surface area contributed by atoms with E-state index in [9.17, 15) is 0 Å². The van der Waals surface area contributed by atoms with Crippen molar-refractivity contribution in [2.45, 2.75) is 13.8 Å². The van der Waals surface area contributed by atoms with Gasteiger partial charge < -0.3 is 4.90 Å². The highest BCUT2D eigenvalue weighted by atomic mass is 35.5. The summed E-state index contributed by atoms with van der Waals surface area (Å²) in [4.78, 5) is 6.27. The fraction of sp³-hybridized carbons (Fsp3) is 0.312. The van der Waals surface area contributed by atoms with Crippen molar-refractivity contribution in [3.05, 3.63) is 53.5 Å². The summed E-state index contributed by atoms with van der Waals surface area (Å²) < 4.78 is 0. The monoisotopic (exact) mass is 312 g/mol. The molecule has 4 heteroatoms. The number of hydrogen-bond acceptors (Lipinski definition) is 2. The molecular formula is C16H22Cl2N2. The van der Waals surface area contributed by atoms with Gasteiger partial charge in [0.05, 0.1) is 12.9 Å². The van der Waals surface area contributed by atoms with Crippen LogP contribution in [0.25, 0.3) is 5.57 Å². The van der Waals surface area contributed by atoms with Gasteiger partial charge in [0.1, 0.15) is 0 Å². The number of hydrogen-bond donors (Lipinski definition) is 0. The Hall–Kier alpha value is -1.25. The van der Waals surface area contributed by atoms with Crippen LogP contribution in [0.1, 0.15) is 19.4 Å². The van der Waals surface area contributed by atoms with E-state index in [2.05, 4.69) is 29.6 Å². The molecule has 1 aliphatic rings. The third-order valence-electron chi connectivity index (χ3n) is 2.47. The van der Waals surface area contributed by atoms with Crippen molar-refractivity contribution in [3.8, 4) is 0 Å². The van der Waals surface area contributed by atoms with E-state index in [0.717, 1.165) is 30.8 Å². The predicted octanol–water partition coefficient (Wildman–Crippen LogP) is 5.18. The molecule has 1 aromatic carbocycles. The second kappa shape index (κ2) is 10.5. The van der Waals surface area contributed by atoms with Crippen molar-refractivity contribution in [1.82, 2.24) is 4.90 Å². The van der Waals surface area contributed by atoms with Crippen molar-refractivity contribution >= 4 is 35.1 Å². The maximum atomic E-state index is 6.11. The van der Waals surface area contributed by atoms with Gasteiger partial charge in [0.15, 0.2) is 0 Å². The summed E-state index contributed by atoms with van der Waals surface area (Å²) in [6.45, 7) is 16.6. The molecule has 0 amide bonds. The highest BCUT2D eigenvalue weighted by Crippen LogP contribution is 2.26. The van der Waals surface area contributed by atoms with E-state index in [1.165, 1.54) is 0 Å². The van der Waals surface area contributed by atoms with Crippen LogP contribution in [-0.4, -0.2) is 30.9 Å². The first kappa shape index (κ1) is 18.8. The largest absolute Gasteiger partial charge is 0.357 e. The molecule has 1 aromatic rings. The normalized spacial score (nSPS) is 12.1. The Balaban J connectivity index is 0.000000829. The maximum Gasteiger partial charge on any atom is 0.0854 e. The zero-order valence-electron chi connectivity index (χ0n) is 12.2. The summed E-state index contributed by atoms with van der Waals surface area (Å²) in [5.41, 5.74) is 1.93. The first-order valence-electron chi connectivity index (χ1n) is 6.54. The van der Waals surface area contributed by atoms with Gasteiger partial charge in [0.2, 0.25) is 0 Å².